The summed E-state index contributed by atoms with van der Waals surface area (Å²) in [5, 5.41) is 5.95. The molecule has 1 saturated carbocycles. The van der Waals surface area contributed by atoms with E-state index in [0.29, 0.717) is 6.54 Å². The fourth-order valence-electron chi connectivity index (χ4n) is 2.53. The van der Waals surface area contributed by atoms with E-state index in [1.165, 1.54) is 29.5 Å². The highest BCUT2D eigenvalue weighted by Crippen LogP contribution is 2.43. The van der Waals surface area contributed by atoms with E-state index in [1.807, 2.05) is 0 Å². The fraction of sp³-hybridized carbons (Fsp3) is 0.462. The minimum Gasteiger partial charge on any atom is -0.330 e. The molecule has 0 spiro atoms. The van der Waals surface area contributed by atoms with Gasteiger partial charge in [0.05, 0.1) is 5.52 Å². The molecule has 3 nitrogen and oxygen atoms in total. The van der Waals surface area contributed by atoms with Gasteiger partial charge in [-0.2, -0.15) is 5.10 Å². The van der Waals surface area contributed by atoms with Gasteiger partial charge in [0.2, 0.25) is 0 Å². The first-order valence-corrected chi connectivity index (χ1v) is 5.96. The summed E-state index contributed by atoms with van der Waals surface area (Å²) in [5.41, 5.74) is 9.57. The maximum Gasteiger partial charge on any atom is 0.0929 e. The SMILES string of the molecule is Cn1nc2cccc(CCN)c2c1C1CC1. The molecule has 3 heteroatoms. The number of fused-ring (bicyclic) bond motifs is 1. The standard InChI is InChI=1S/C13H17N3/c1-16-13(10-5-6-10)12-9(7-8-14)3-2-4-11(12)15-16/h2-4,10H,5-8,14H2,1H3. The average Bonchev–Trinajstić information content (AvgIpc) is 3.02. The third-order valence-electron chi connectivity index (χ3n) is 3.37. The molecule has 1 heterocycles. The molecule has 1 aliphatic carbocycles. The van der Waals surface area contributed by atoms with Gasteiger partial charge in [-0.1, -0.05) is 12.1 Å². The number of aryl methyl sites for hydroxylation is 1. The number of benzene rings is 1. The van der Waals surface area contributed by atoms with Crippen LogP contribution >= 0.6 is 0 Å². The second-order valence-corrected chi connectivity index (χ2v) is 4.63. The molecule has 0 amide bonds. The Balaban J connectivity index is 2.25. The van der Waals surface area contributed by atoms with E-state index in [-0.39, 0.29) is 0 Å². The zero-order valence-electron chi connectivity index (χ0n) is 9.61. The predicted molar refractivity (Wildman–Crippen MR) is 65.4 cm³/mol. The van der Waals surface area contributed by atoms with Crippen LogP contribution in [0.25, 0.3) is 10.9 Å². The molecule has 1 aliphatic rings. The Morgan fingerprint density at radius 1 is 1.44 bits per heavy atom. The van der Waals surface area contributed by atoms with E-state index in [1.54, 1.807) is 0 Å². The Kier molecular flexibility index (Phi) is 2.21. The van der Waals surface area contributed by atoms with Crippen LogP contribution in [-0.2, 0) is 13.5 Å². The maximum atomic E-state index is 5.67. The summed E-state index contributed by atoms with van der Waals surface area (Å²) in [6.07, 6.45) is 3.57. The van der Waals surface area contributed by atoms with E-state index in [4.69, 9.17) is 5.73 Å². The van der Waals surface area contributed by atoms with Crippen LogP contribution in [-0.4, -0.2) is 16.3 Å². The van der Waals surface area contributed by atoms with Crippen molar-refractivity contribution in [2.75, 3.05) is 6.54 Å². The molecule has 2 aromatic rings. The Bertz CT molecular complexity index is 523. The molecule has 0 aliphatic heterocycles. The van der Waals surface area contributed by atoms with Crippen LogP contribution in [0, 0.1) is 0 Å². The lowest BCUT2D eigenvalue weighted by atomic mass is 10.0. The van der Waals surface area contributed by atoms with Crippen molar-refractivity contribution in [1.29, 1.82) is 0 Å². The lowest BCUT2D eigenvalue weighted by molar-refractivity contribution is 0.723. The normalized spacial score (nSPS) is 15.9. The highest BCUT2D eigenvalue weighted by molar-refractivity contribution is 5.86. The van der Waals surface area contributed by atoms with Crippen LogP contribution < -0.4 is 5.73 Å². The fourth-order valence-corrected chi connectivity index (χ4v) is 2.53. The van der Waals surface area contributed by atoms with Crippen molar-refractivity contribution >= 4 is 10.9 Å². The van der Waals surface area contributed by atoms with Crippen LogP contribution in [0.15, 0.2) is 18.2 Å². The first-order chi connectivity index (χ1) is 7.81. The van der Waals surface area contributed by atoms with E-state index >= 15 is 0 Å². The Morgan fingerprint density at radius 2 is 2.25 bits per heavy atom. The van der Waals surface area contributed by atoms with E-state index in [9.17, 15) is 0 Å². The molecule has 0 bridgehead atoms. The molecule has 3 rings (SSSR count). The van der Waals surface area contributed by atoms with Crippen molar-refractivity contribution < 1.29 is 0 Å². The molecule has 1 aromatic carbocycles. The second kappa shape index (κ2) is 3.59. The largest absolute Gasteiger partial charge is 0.330 e. The van der Waals surface area contributed by atoms with Crippen molar-refractivity contribution in [3.63, 3.8) is 0 Å². The quantitative estimate of drug-likeness (QED) is 0.850. The van der Waals surface area contributed by atoms with Gasteiger partial charge < -0.3 is 5.73 Å². The number of hydrogen-bond donors (Lipinski definition) is 1. The second-order valence-electron chi connectivity index (χ2n) is 4.63. The first kappa shape index (κ1) is 9.85. The van der Waals surface area contributed by atoms with Gasteiger partial charge >= 0.3 is 0 Å². The molecule has 0 unspecified atom stereocenters. The molecular weight excluding hydrogens is 198 g/mol. The number of rotatable bonds is 3. The van der Waals surface area contributed by atoms with Crippen LogP contribution in [0.1, 0.15) is 30.0 Å². The number of aromatic nitrogens is 2. The van der Waals surface area contributed by atoms with Crippen molar-refractivity contribution in [3.05, 3.63) is 29.5 Å². The van der Waals surface area contributed by atoms with Gasteiger partial charge in [-0.3, -0.25) is 4.68 Å². The topological polar surface area (TPSA) is 43.8 Å². The van der Waals surface area contributed by atoms with Crippen molar-refractivity contribution in [1.82, 2.24) is 9.78 Å². The summed E-state index contributed by atoms with van der Waals surface area (Å²) >= 11 is 0. The zero-order valence-corrected chi connectivity index (χ0v) is 9.61. The summed E-state index contributed by atoms with van der Waals surface area (Å²) in [6, 6.07) is 6.36. The minimum absolute atomic E-state index is 0.706. The third-order valence-corrected chi connectivity index (χ3v) is 3.37. The third kappa shape index (κ3) is 1.43. The highest BCUT2D eigenvalue weighted by atomic mass is 15.3. The smallest absolute Gasteiger partial charge is 0.0929 e. The van der Waals surface area contributed by atoms with Crippen molar-refractivity contribution in [2.45, 2.75) is 25.2 Å². The Morgan fingerprint density at radius 3 is 2.94 bits per heavy atom. The minimum atomic E-state index is 0.706. The molecule has 0 atom stereocenters. The van der Waals surface area contributed by atoms with Gasteiger partial charge in [0.1, 0.15) is 0 Å². The van der Waals surface area contributed by atoms with Crippen LogP contribution in [0.4, 0.5) is 0 Å². The summed E-state index contributed by atoms with van der Waals surface area (Å²) in [7, 11) is 2.06. The van der Waals surface area contributed by atoms with Crippen LogP contribution in [0.2, 0.25) is 0 Å². The highest BCUT2D eigenvalue weighted by Gasteiger charge is 2.29. The van der Waals surface area contributed by atoms with Crippen LogP contribution in [0.5, 0.6) is 0 Å². The summed E-state index contributed by atoms with van der Waals surface area (Å²) < 4.78 is 2.06. The van der Waals surface area contributed by atoms with Gasteiger partial charge in [-0.25, -0.2) is 0 Å². The molecule has 1 fully saturated rings. The van der Waals surface area contributed by atoms with E-state index < -0.39 is 0 Å². The Labute approximate surface area is 95.2 Å². The summed E-state index contributed by atoms with van der Waals surface area (Å²) in [6.45, 7) is 0.706. The first-order valence-electron chi connectivity index (χ1n) is 5.96. The zero-order chi connectivity index (χ0) is 11.1. The van der Waals surface area contributed by atoms with Gasteiger partial charge in [-0.15, -0.1) is 0 Å². The lowest BCUT2D eigenvalue weighted by Gasteiger charge is -2.04. The molecule has 1 aromatic heterocycles. The maximum absolute atomic E-state index is 5.67. The number of nitrogens with two attached hydrogens (primary N) is 1. The van der Waals surface area contributed by atoms with Crippen LogP contribution in [0.3, 0.4) is 0 Å². The molecule has 84 valence electrons. The van der Waals surface area contributed by atoms with Crippen molar-refractivity contribution in [2.24, 2.45) is 12.8 Å². The lowest BCUT2D eigenvalue weighted by Crippen LogP contribution is -2.03. The predicted octanol–water partition coefficient (Wildman–Crippen LogP) is 1.95. The van der Waals surface area contributed by atoms with Gasteiger partial charge in [0.25, 0.3) is 0 Å². The number of hydrogen-bond acceptors (Lipinski definition) is 2. The molecular formula is C13H17N3. The van der Waals surface area contributed by atoms with E-state index in [0.717, 1.165) is 17.9 Å². The molecule has 0 saturated heterocycles. The summed E-state index contributed by atoms with van der Waals surface area (Å²) in [5.74, 6) is 0.730. The van der Waals surface area contributed by atoms with Gasteiger partial charge in [0, 0.05) is 24.0 Å². The molecule has 2 N–H and O–H groups in total. The number of nitrogens with zero attached hydrogens (tertiary/aromatic N) is 2. The van der Waals surface area contributed by atoms with Gasteiger partial charge in [-0.05, 0) is 37.4 Å². The van der Waals surface area contributed by atoms with Gasteiger partial charge in [0.15, 0.2) is 0 Å². The molecule has 0 radical (unpaired) electrons. The monoisotopic (exact) mass is 215 g/mol. The Hall–Kier alpha value is -1.35. The van der Waals surface area contributed by atoms with Crippen molar-refractivity contribution in [3.8, 4) is 0 Å². The molecule has 16 heavy (non-hydrogen) atoms. The average molecular weight is 215 g/mol. The summed E-state index contributed by atoms with van der Waals surface area (Å²) in [4.78, 5) is 0. The van der Waals surface area contributed by atoms with E-state index in [2.05, 4.69) is 35.0 Å².